The summed E-state index contributed by atoms with van der Waals surface area (Å²) in [6.45, 7) is 6.75. The molecule has 1 aliphatic heterocycles. The predicted octanol–water partition coefficient (Wildman–Crippen LogP) is 3.80. The number of carbonyl (C=O) groups is 1. The highest BCUT2D eigenvalue weighted by Gasteiger charge is 2.13. The van der Waals surface area contributed by atoms with Gasteiger partial charge in [0.1, 0.15) is 5.82 Å². The fourth-order valence-electron chi connectivity index (χ4n) is 3.70. The van der Waals surface area contributed by atoms with E-state index < -0.39 is 0 Å². The number of hydrogen-bond donors (Lipinski definition) is 4. The zero-order chi connectivity index (χ0) is 23.3. The van der Waals surface area contributed by atoms with Gasteiger partial charge in [0.2, 0.25) is 11.9 Å². The number of anilines is 6. The lowest BCUT2D eigenvalue weighted by Crippen LogP contribution is -2.36. The molecule has 1 aliphatic rings. The standard InChI is InChI=1S/C24H24N8O2/c1-2-21(33)26-17-4-3-5-18(14-17)28-24-29-22(20-15-25-31-23(20)30-24)27-16-6-8-19(9-7-16)32-10-12-34-13-11-32/h2-9,14-15H,1,10-13H2,(H,26,33)(H3,25,27,28,29,30,31). The van der Waals surface area contributed by atoms with Crippen LogP contribution in [0.2, 0.25) is 0 Å². The van der Waals surface area contributed by atoms with Gasteiger partial charge in [-0.25, -0.2) is 0 Å². The molecule has 4 aromatic rings. The molecule has 0 radical (unpaired) electrons. The Morgan fingerprint density at radius 1 is 1.03 bits per heavy atom. The summed E-state index contributed by atoms with van der Waals surface area (Å²) in [5.41, 5.74) is 4.02. The number of benzene rings is 2. The molecule has 0 aliphatic carbocycles. The van der Waals surface area contributed by atoms with Crippen molar-refractivity contribution in [1.82, 2.24) is 20.2 Å². The van der Waals surface area contributed by atoms with Crippen molar-refractivity contribution >= 4 is 51.5 Å². The predicted molar refractivity (Wildman–Crippen MR) is 133 cm³/mol. The van der Waals surface area contributed by atoms with Crippen molar-refractivity contribution in [3.63, 3.8) is 0 Å². The number of carbonyl (C=O) groups excluding carboxylic acids is 1. The number of amides is 1. The van der Waals surface area contributed by atoms with Crippen LogP contribution >= 0.6 is 0 Å². The summed E-state index contributed by atoms with van der Waals surface area (Å²) < 4.78 is 5.43. The van der Waals surface area contributed by atoms with E-state index in [2.05, 4.69) is 59.7 Å². The molecule has 172 valence electrons. The van der Waals surface area contributed by atoms with Gasteiger partial charge in [0.05, 0.1) is 24.8 Å². The van der Waals surface area contributed by atoms with Crippen LogP contribution in [-0.2, 0) is 9.53 Å². The maximum Gasteiger partial charge on any atom is 0.247 e. The van der Waals surface area contributed by atoms with Crippen LogP contribution < -0.4 is 20.9 Å². The van der Waals surface area contributed by atoms with E-state index in [0.29, 0.717) is 23.1 Å². The molecule has 3 heterocycles. The van der Waals surface area contributed by atoms with E-state index >= 15 is 0 Å². The Hall–Kier alpha value is -4.44. The molecular formula is C24H24N8O2. The first-order chi connectivity index (χ1) is 16.7. The van der Waals surface area contributed by atoms with Crippen molar-refractivity contribution in [1.29, 1.82) is 0 Å². The fourth-order valence-corrected chi connectivity index (χ4v) is 3.70. The lowest BCUT2D eigenvalue weighted by atomic mass is 10.2. The van der Waals surface area contributed by atoms with E-state index in [-0.39, 0.29) is 5.91 Å². The first-order valence-electron chi connectivity index (χ1n) is 10.9. The highest BCUT2D eigenvalue weighted by atomic mass is 16.5. The molecule has 2 aromatic carbocycles. The van der Waals surface area contributed by atoms with Gasteiger partial charge in [0.25, 0.3) is 0 Å². The lowest BCUT2D eigenvalue weighted by molar-refractivity contribution is -0.111. The van der Waals surface area contributed by atoms with Crippen LogP contribution in [0.4, 0.5) is 34.5 Å². The third-order valence-electron chi connectivity index (χ3n) is 5.39. The maximum absolute atomic E-state index is 11.6. The molecule has 34 heavy (non-hydrogen) atoms. The van der Waals surface area contributed by atoms with Crippen LogP contribution in [-0.4, -0.2) is 52.4 Å². The molecule has 0 unspecified atom stereocenters. The molecule has 0 saturated carbocycles. The SMILES string of the molecule is C=CC(=O)Nc1cccc(Nc2nc(Nc3ccc(N4CCOCC4)cc3)c3cn[nH]c3n2)c1. The van der Waals surface area contributed by atoms with Crippen molar-refractivity contribution in [2.45, 2.75) is 0 Å². The fraction of sp³-hybridized carbons (Fsp3) is 0.167. The van der Waals surface area contributed by atoms with Gasteiger partial charge in [-0.05, 0) is 48.5 Å². The Morgan fingerprint density at radius 3 is 2.62 bits per heavy atom. The largest absolute Gasteiger partial charge is 0.378 e. The molecule has 0 bridgehead atoms. The monoisotopic (exact) mass is 456 g/mol. The summed E-state index contributed by atoms with van der Waals surface area (Å²) in [6, 6.07) is 15.5. The molecular weight excluding hydrogens is 432 g/mol. The van der Waals surface area contributed by atoms with Crippen LogP contribution in [0.1, 0.15) is 0 Å². The van der Waals surface area contributed by atoms with Gasteiger partial charge in [-0.2, -0.15) is 15.1 Å². The van der Waals surface area contributed by atoms with Gasteiger partial charge < -0.3 is 25.6 Å². The van der Waals surface area contributed by atoms with Crippen LogP contribution in [0.3, 0.4) is 0 Å². The van der Waals surface area contributed by atoms with Crippen molar-refractivity contribution in [2.24, 2.45) is 0 Å². The van der Waals surface area contributed by atoms with Crippen molar-refractivity contribution in [3.05, 3.63) is 67.4 Å². The van der Waals surface area contributed by atoms with Gasteiger partial charge in [0.15, 0.2) is 5.65 Å². The molecule has 0 atom stereocenters. The lowest BCUT2D eigenvalue weighted by Gasteiger charge is -2.28. The normalized spacial score (nSPS) is 13.5. The number of ether oxygens (including phenoxy) is 1. The first-order valence-corrected chi connectivity index (χ1v) is 10.9. The quantitative estimate of drug-likeness (QED) is 0.310. The second kappa shape index (κ2) is 9.59. The van der Waals surface area contributed by atoms with Crippen LogP contribution in [0, 0.1) is 0 Å². The highest BCUT2D eigenvalue weighted by Crippen LogP contribution is 2.27. The third kappa shape index (κ3) is 4.81. The number of fused-ring (bicyclic) bond motifs is 1. The molecule has 2 aromatic heterocycles. The highest BCUT2D eigenvalue weighted by molar-refractivity contribution is 5.99. The molecule has 4 N–H and O–H groups in total. The molecule has 1 saturated heterocycles. The van der Waals surface area contributed by atoms with Gasteiger partial charge in [-0.15, -0.1) is 0 Å². The van der Waals surface area contributed by atoms with Crippen LogP contribution in [0.15, 0.2) is 67.4 Å². The minimum absolute atomic E-state index is 0.279. The number of nitrogens with zero attached hydrogens (tertiary/aromatic N) is 4. The Balaban J connectivity index is 1.36. The second-order valence-corrected chi connectivity index (χ2v) is 7.70. The average molecular weight is 457 g/mol. The van der Waals surface area contributed by atoms with Gasteiger partial charge >= 0.3 is 0 Å². The summed E-state index contributed by atoms with van der Waals surface area (Å²) in [4.78, 5) is 23.1. The zero-order valence-corrected chi connectivity index (χ0v) is 18.4. The molecule has 0 spiro atoms. The van der Waals surface area contributed by atoms with Crippen LogP contribution in [0.5, 0.6) is 0 Å². The molecule has 1 amide bonds. The second-order valence-electron chi connectivity index (χ2n) is 7.70. The number of aromatic nitrogens is 4. The summed E-state index contributed by atoms with van der Waals surface area (Å²) in [5, 5.41) is 17.1. The third-order valence-corrected chi connectivity index (χ3v) is 5.39. The summed E-state index contributed by atoms with van der Waals surface area (Å²) in [5.74, 6) is 0.728. The molecule has 5 rings (SSSR count). The maximum atomic E-state index is 11.6. The Morgan fingerprint density at radius 2 is 1.82 bits per heavy atom. The summed E-state index contributed by atoms with van der Waals surface area (Å²) in [7, 11) is 0. The van der Waals surface area contributed by atoms with Gasteiger partial charge in [-0.3, -0.25) is 9.89 Å². The van der Waals surface area contributed by atoms with Gasteiger partial charge in [0, 0.05) is 35.8 Å². The minimum atomic E-state index is -0.279. The van der Waals surface area contributed by atoms with Crippen molar-refractivity contribution in [2.75, 3.05) is 47.2 Å². The number of rotatable bonds is 7. The van der Waals surface area contributed by atoms with E-state index in [1.165, 1.54) is 6.08 Å². The van der Waals surface area contributed by atoms with Crippen molar-refractivity contribution in [3.8, 4) is 0 Å². The number of hydrogen-bond acceptors (Lipinski definition) is 8. The van der Waals surface area contributed by atoms with E-state index in [9.17, 15) is 4.79 Å². The Kier molecular flexibility index (Phi) is 6.04. The Bertz CT molecular complexity index is 1310. The van der Waals surface area contributed by atoms with E-state index in [1.54, 1.807) is 18.3 Å². The average Bonchev–Trinajstić information content (AvgIpc) is 3.34. The van der Waals surface area contributed by atoms with Gasteiger partial charge in [-0.1, -0.05) is 12.6 Å². The minimum Gasteiger partial charge on any atom is -0.378 e. The van der Waals surface area contributed by atoms with E-state index in [1.807, 2.05) is 24.3 Å². The number of aromatic amines is 1. The van der Waals surface area contributed by atoms with E-state index in [4.69, 9.17) is 4.74 Å². The van der Waals surface area contributed by atoms with Crippen LogP contribution in [0.25, 0.3) is 11.0 Å². The smallest absolute Gasteiger partial charge is 0.247 e. The molecule has 1 fully saturated rings. The number of nitrogens with one attached hydrogen (secondary N) is 4. The Labute approximate surface area is 196 Å². The number of morpholine rings is 1. The molecule has 10 nitrogen and oxygen atoms in total. The summed E-state index contributed by atoms with van der Waals surface area (Å²) in [6.07, 6.45) is 2.91. The van der Waals surface area contributed by atoms with Crippen molar-refractivity contribution < 1.29 is 9.53 Å². The molecule has 10 heteroatoms. The number of H-pyrrole nitrogens is 1. The first kappa shape index (κ1) is 21.4. The topological polar surface area (TPSA) is 120 Å². The zero-order valence-electron chi connectivity index (χ0n) is 18.4. The van der Waals surface area contributed by atoms with E-state index in [0.717, 1.165) is 48.8 Å². The summed E-state index contributed by atoms with van der Waals surface area (Å²) >= 11 is 0.